The summed E-state index contributed by atoms with van der Waals surface area (Å²) in [6.07, 6.45) is 0.947. The summed E-state index contributed by atoms with van der Waals surface area (Å²) in [5.74, 6) is 0.206. The number of ether oxygens (including phenoxy) is 1. The Morgan fingerprint density at radius 3 is 2.37 bits per heavy atom. The van der Waals surface area contributed by atoms with E-state index in [-0.39, 0.29) is 17.7 Å². The third kappa shape index (κ3) is 7.52. The quantitative estimate of drug-likeness (QED) is 0.585. The molecule has 0 aromatic heterocycles. The molecule has 6 nitrogen and oxygen atoms in total. The average molecular weight is 412 g/mol. The highest BCUT2D eigenvalue weighted by atomic mass is 16.5. The van der Waals surface area contributed by atoms with E-state index in [0.29, 0.717) is 17.9 Å². The molecule has 6 heteroatoms. The van der Waals surface area contributed by atoms with Crippen molar-refractivity contribution in [2.24, 2.45) is 5.92 Å². The zero-order chi connectivity index (χ0) is 22.1. The molecule has 1 unspecified atom stereocenters. The second-order valence-electron chi connectivity index (χ2n) is 8.08. The first kappa shape index (κ1) is 23.4. The van der Waals surface area contributed by atoms with Gasteiger partial charge in [0.05, 0.1) is 6.61 Å². The van der Waals surface area contributed by atoms with Gasteiger partial charge in [0.25, 0.3) is 5.91 Å². The predicted octanol–water partition coefficient (Wildman–Crippen LogP) is 3.72. The van der Waals surface area contributed by atoms with Crippen LogP contribution in [0.2, 0.25) is 0 Å². The first-order valence-electron chi connectivity index (χ1n) is 10.3. The molecular formula is C24H33N3O3. The van der Waals surface area contributed by atoms with Crippen molar-refractivity contribution in [2.45, 2.75) is 33.2 Å². The van der Waals surface area contributed by atoms with Gasteiger partial charge >= 0.3 is 0 Å². The van der Waals surface area contributed by atoms with Crippen molar-refractivity contribution in [1.82, 2.24) is 10.2 Å². The number of nitrogens with zero attached hydrogens (tertiary/aromatic N) is 1. The van der Waals surface area contributed by atoms with Crippen LogP contribution in [-0.4, -0.2) is 50.0 Å². The topological polar surface area (TPSA) is 70.7 Å². The maximum Gasteiger partial charge on any atom is 0.251 e. The number of anilines is 1. The third-order valence-corrected chi connectivity index (χ3v) is 4.66. The number of carbonyl (C=O) groups is 2. The van der Waals surface area contributed by atoms with Gasteiger partial charge in [0, 0.05) is 17.8 Å². The van der Waals surface area contributed by atoms with Gasteiger partial charge in [-0.1, -0.05) is 31.5 Å². The minimum atomic E-state index is -0.639. The summed E-state index contributed by atoms with van der Waals surface area (Å²) < 4.78 is 5.72. The summed E-state index contributed by atoms with van der Waals surface area (Å²) in [6.45, 7) is 7.36. The lowest BCUT2D eigenvalue weighted by atomic mass is 10.0. The molecule has 2 amide bonds. The molecule has 30 heavy (non-hydrogen) atoms. The minimum absolute atomic E-state index is 0.0573. The molecule has 0 heterocycles. The summed E-state index contributed by atoms with van der Waals surface area (Å²) >= 11 is 0. The fourth-order valence-electron chi connectivity index (χ4n) is 2.97. The standard InChI is InChI=1S/C24H33N3O3/c1-17(2)22(26-23(28)19-9-6-8-18(3)16-19)24(29)25-20-10-12-21(13-11-20)30-15-7-14-27(4)5/h6,8-13,16-17,22H,7,14-15H2,1-5H3,(H,25,29)(H,26,28). The number of rotatable bonds is 10. The van der Waals surface area contributed by atoms with Gasteiger partial charge in [-0.15, -0.1) is 0 Å². The average Bonchev–Trinajstić information content (AvgIpc) is 2.70. The van der Waals surface area contributed by atoms with E-state index < -0.39 is 6.04 Å². The second-order valence-corrected chi connectivity index (χ2v) is 8.08. The van der Waals surface area contributed by atoms with Crippen molar-refractivity contribution in [1.29, 1.82) is 0 Å². The van der Waals surface area contributed by atoms with E-state index in [1.807, 2.05) is 65.2 Å². The number of hydrogen-bond donors (Lipinski definition) is 2. The molecule has 0 saturated heterocycles. The van der Waals surface area contributed by atoms with Crippen LogP contribution in [0.1, 0.15) is 36.2 Å². The van der Waals surface area contributed by atoms with Crippen molar-refractivity contribution >= 4 is 17.5 Å². The molecule has 1 atom stereocenters. The summed E-state index contributed by atoms with van der Waals surface area (Å²) in [5, 5.41) is 5.74. The summed E-state index contributed by atoms with van der Waals surface area (Å²) in [7, 11) is 4.07. The van der Waals surface area contributed by atoms with E-state index in [2.05, 4.69) is 15.5 Å². The van der Waals surface area contributed by atoms with Crippen molar-refractivity contribution in [3.05, 3.63) is 59.7 Å². The van der Waals surface area contributed by atoms with Gasteiger partial charge in [-0.3, -0.25) is 9.59 Å². The molecule has 0 saturated carbocycles. The smallest absolute Gasteiger partial charge is 0.251 e. The molecular weight excluding hydrogens is 378 g/mol. The van der Waals surface area contributed by atoms with Gasteiger partial charge in [-0.05, 0) is 69.8 Å². The fourth-order valence-corrected chi connectivity index (χ4v) is 2.97. The number of hydrogen-bond acceptors (Lipinski definition) is 4. The number of benzene rings is 2. The van der Waals surface area contributed by atoms with Gasteiger partial charge in [0.2, 0.25) is 5.91 Å². The van der Waals surface area contributed by atoms with Crippen LogP contribution in [0, 0.1) is 12.8 Å². The van der Waals surface area contributed by atoms with Crippen LogP contribution >= 0.6 is 0 Å². The maximum atomic E-state index is 12.8. The Bertz CT molecular complexity index is 832. The van der Waals surface area contributed by atoms with Crippen molar-refractivity contribution in [3.8, 4) is 5.75 Å². The molecule has 162 valence electrons. The van der Waals surface area contributed by atoms with Crippen molar-refractivity contribution in [3.63, 3.8) is 0 Å². The van der Waals surface area contributed by atoms with E-state index in [0.717, 1.165) is 24.3 Å². The number of nitrogens with one attached hydrogen (secondary N) is 2. The van der Waals surface area contributed by atoms with E-state index in [4.69, 9.17) is 4.74 Å². The van der Waals surface area contributed by atoms with Gasteiger partial charge in [-0.2, -0.15) is 0 Å². The molecule has 0 aliphatic heterocycles. The van der Waals surface area contributed by atoms with Gasteiger partial charge in [0.1, 0.15) is 11.8 Å². The van der Waals surface area contributed by atoms with Gasteiger partial charge in [0.15, 0.2) is 0 Å². The highest BCUT2D eigenvalue weighted by Gasteiger charge is 2.24. The Morgan fingerprint density at radius 2 is 1.77 bits per heavy atom. The van der Waals surface area contributed by atoms with Crippen LogP contribution in [-0.2, 0) is 4.79 Å². The number of carbonyl (C=O) groups excluding carboxylic acids is 2. The first-order chi connectivity index (χ1) is 14.3. The normalized spacial score (nSPS) is 12.0. The summed E-state index contributed by atoms with van der Waals surface area (Å²) in [4.78, 5) is 27.5. The van der Waals surface area contributed by atoms with E-state index in [9.17, 15) is 9.59 Å². The van der Waals surface area contributed by atoms with Crippen LogP contribution in [0.5, 0.6) is 5.75 Å². The molecule has 0 fully saturated rings. The van der Waals surface area contributed by atoms with Crippen molar-refractivity contribution in [2.75, 3.05) is 32.6 Å². The molecule has 2 N–H and O–H groups in total. The van der Waals surface area contributed by atoms with E-state index in [1.54, 1.807) is 18.2 Å². The first-order valence-corrected chi connectivity index (χ1v) is 10.3. The Kier molecular flexibility index (Phi) is 8.87. The predicted molar refractivity (Wildman–Crippen MR) is 121 cm³/mol. The summed E-state index contributed by atoms with van der Waals surface area (Å²) in [6, 6.07) is 14.0. The molecule has 0 radical (unpaired) electrons. The number of aryl methyl sites for hydroxylation is 1. The lowest BCUT2D eigenvalue weighted by Gasteiger charge is -2.22. The lowest BCUT2D eigenvalue weighted by Crippen LogP contribution is -2.47. The Morgan fingerprint density at radius 1 is 1.07 bits per heavy atom. The van der Waals surface area contributed by atoms with Crippen molar-refractivity contribution < 1.29 is 14.3 Å². The molecule has 0 spiro atoms. The molecule has 2 rings (SSSR count). The van der Waals surface area contributed by atoms with Crippen LogP contribution in [0.25, 0.3) is 0 Å². The zero-order valence-corrected chi connectivity index (χ0v) is 18.6. The second kappa shape index (κ2) is 11.4. The highest BCUT2D eigenvalue weighted by Crippen LogP contribution is 2.17. The third-order valence-electron chi connectivity index (χ3n) is 4.66. The van der Waals surface area contributed by atoms with Crippen LogP contribution in [0.4, 0.5) is 5.69 Å². The Labute approximate surface area is 179 Å². The van der Waals surface area contributed by atoms with Crippen LogP contribution in [0.15, 0.2) is 48.5 Å². The SMILES string of the molecule is Cc1cccc(C(=O)NC(C(=O)Nc2ccc(OCCCN(C)C)cc2)C(C)C)c1. The molecule has 0 bridgehead atoms. The van der Waals surface area contributed by atoms with Gasteiger partial charge in [-0.25, -0.2) is 0 Å². The Balaban J connectivity index is 1.93. The minimum Gasteiger partial charge on any atom is -0.494 e. The van der Waals surface area contributed by atoms with Gasteiger partial charge < -0.3 is 20.3 Å². The molecule has 0 aliphatic rings. The highest BCUT2D eigenvalue weighted by molar-refractivity contribution is 6.01. The zero-order valence-electron chi connectivity index (χ0n) is 18.6. The fraction of sp³-hybridized carbons (Fsp3) is 0.417. The van der Waals surface area contributed by atoms with E-state index in [1.165, 1.54) is 0 Å². The number of amides is 2. The molecule has 2 aromatic rings. The van der Waals surface area contributed by atoms with Crippen LogP contribution < -0.4 is 15.4 Å². The molecule has 0 aliphatic carbocycles. The Hall–Kier alpha value is -2.86. The van der Waals surface area contributed by atoms with Crippen LogP contribution in [0.3, 0.4) is 0 Å². The summed E-state index contributed by atoms with van der Waals surface area (Å²) in [5.41, 5.74) is 2.21. The monoisotopic (exact) mass is 411 g/mol. The lowest BCUT2D eigenvalue weighted by molar-refractivity contribution is -0.118. The molecule has 2 aromatic carbocycles. The maximum absolute atomic E-state index is 12.8. The van der Waals surface area contributed by atoms with E-state index >= 15 is 0 Å². The largest absolute Gasteiger partial charge is 0.494 e.